The first-order valence-electron chi connectivity index (χ1n) is 4.54. The molecule has 1 N–H and O–H groups in total. The third-order valence-corrected chi connectivity index (χ3v) is 2.66. The number of hydrogen-bond donors (Lipinski definition) is 1. The summed E-state index contributed by atoms with van der Waals surface area (Å²) < 4.78 is 0. The van der Waals surface area contributed by atoms with Gasteiger partial charge in [0, 0.05) is 20.1 Å². The first kappa shape index (κ1) is 7.86. The monoisotopic (exact) mass is 169 g/mol. The molecule has 2 fully saturated rings. The van der Waals surface area contributed by atoms with E-state index in [0.29, 0.717) is 6.17 Å². The van der Waals surface area contributed by atoms with Crippen molar-refractivity contribution in [1.29, 1.82) is 0 Å². The zero-order chi connectivity index (χ0) is 8.55. The number of urea groups is 1. The van der Waals surface area contributed by atoms with Crippen LogP contribution in [0.25, 0.3) is 0 Å². The summed E-state index contributed by atoms with van der Waals surface area (Å²) >= 11 is 0. The van der Waals surface area contributed by atoms with Gasteiger partial charge in [-0.15, -0.1) is 0 Å². The van der Waals surface area contributed by atoms with Crippen LogP contribution in [0, 0.1) is 0 Å². The summed E-state index contributed by atoms with van der Waals surface area (Å²) in [6.07, 6.45) is 2.61. The van der Waals surface area contributed by atoms with Crippen LogP contribution in [0.2, 0.25) is 0 Å². The minimum Gasteiger partial charge on any atom is -0.326 e. The summed E-state index contributed by atoms with van der Waals surface area (Å²) in [7, 11) is 1.86. The van der Waals surface area contributed by atoms with Crippen molar-refractivity contribution < 1.29 is 4.79 Å². The average molecular weight is 169 g/mol. The van der Waals surface area contributed by atoms with Crippen LogP contribution in [-0.2, 0) is 0 Å². The van der Waals surface area contributed by atoms with Crippen LogP contribution in [0.15, 0.2) is 0 Å². The molecule has 2 rings (SSSR count). The maximum Gasteiger partial charge on any atom is 0.321 e. The molecule has 12 heavy (non-hydrogen) atoms. The number of nitrogens with one attached hydrogen (secondary N) is 1. The molecule has 1 atom stereocenters. The second kappa shape index (κ2) is 2.94. The van der Waals surface area contributed by atoms with Crippen LogP contribution in [0.3, 0.4) is 0 Å². The number of nitrogens with zero attached hydrogens (tertiary/aromatic N) is 2. The third kappa shape index (κ3) is 1.16. The summed E-state index contributed by atoms with van der Waals surface area (Å²) in [6.45, 7) is 2.81. The van der Waals surface area contributed by atoms with Gasteiger partial charge in [-0.1, -0.05) is 0 Å². The van der Waals surface area contributed by atoms with Crippen LogP contribution >= 0.6 is 0 Å². The largest absolute Gasteiger partial charge is 0.326 e. The van der Waals surface area contributed by atoms with Crippen LogP contribution in [0.1, 0.15) is 12.8 Å². The first-order valence-corrected chi connectivity index (χ1v) is 4.54. The van der Waals surface area contributed by atoms with Gasteiger partial charge in [0.15, 0.2) is 0 Å². The summed E-state index contributed by atoms with van der Waals surface area (Å²) in [5.41, 5.74) is 0. The Bertz CT molecular complexity index is 189. The zero-order valence-corrected chi connectivity index (χ0v) is 7.42. The van der Waals surface area contributed by atoms with Crippen molar-refractivity contribution in [2.75, 3.05) is 26.7 Å². The predicted molar refractivity (Wildman–Crippen MR) is 45.8 cm³/mol. The Hall–Kier alpha value is -0.770. The highest BCUT2D eigenvalue weighted by Gasteiger charge is 2.32. The van der Waals surface area contributed by atoms with E-state index in [9.17, 15) is 4.79 Å². The minimum atomic E-state index is 0.175. The molecule has 0 spiro atoms. The lowest BCUT2D eigenvalue weighted by molar-refractivity contribution is 0.178. The zero-order valence-electron chi connectivity index (χ0n) is 7.42. The number of amides is 2. The van der Waals surface area contributed by atoms with Gasteiger partial charge in [0.2, 0.25) is 0 Å². The van der Waals surface area contributed by atoms with E-state index in [1.165, 1.54) is 6.42 Å². The molecule has 0 radical (unpaired) electrons. The van der Waals surface area contributed by atoms with Crippen LogP contribution < -0.4 is 5.32 Å². The molecule has 2 saturated heterocycles. The molecule has 0 aromatic carbocycles. The van der Waals surface area contributed by atoms with Gasteiger partial charge in [0.25, 0.3) is 0 Å². The predicted octanol–water partition coefficient (Wildman–Crippen LogP) is 0.0633. The molecule has 2 aliphatic rings. The third-order valence-electron chi connectivity index (χ3n) is 2.66. The summed E-state index contributed by atoms with van der Waals surface area (Å²) in [5, 5.41) is 3.33. The molecular weight excluding hydrogens is 154 g/mol. The van der Waals surface area contributed by atoms with Crippen molar-refractivity contribution in [3.63, 3.8) is 0 Å². The standard InChI is InChI=1S/C8H15N3O/c1-10-5-6-11(8(10)12)7-3-2-4-9-7/h7,9H,2-6H2,1H3. The normalized spacial score (nSPS) is 30.4. The van der Waals surface area contributed by atoms with Gasteiger partial charge in [0.05, 0.1) is 6.17 Å². The van der Waals surface area contributed by atoms with Crippen LogP contribution in [0.5, 0.6) is 0 Å². The van der Waals surface area contributed by atoms with E-state index < -0.39 is 0 Å². The highest BCUT2D eigenvalue weighted by atomic mass is 16.2. The quantitative estimate of drug-likeness (QED) is 0.602. The van der Waals surface area contributed by atoms with Gasteiger partial charge in [-0.2, -0.15) is 0 Å². The maximum atomic E-state index is 11.5. The van der Waals surface area contributed by atoms with Crippen molar-refractivity contribution in [3.05, 3.63) is 0 Å². The number of hydrogen-bond acceptors (Lipinski definition) is 2. The Morgan fingerprint density at radius 2 is 2.33 bits per heavy atom. The molecule has 0 aromatic rings. The lowest BCUT2D eigenvalue weighted by atomic mass is 10.3. The first-order chi connectivity index (χ1) is 5.79. The van der Waals surface area contributed by atoms with Gasteiger partial charge in [0.1, 0.15) is 0 Å². The number of rotatable bonds is 1. The highest BCUT2D eigenvalue weighted by Crippen LogP contribution is 2.15. The Kier molecular flexibility index (Phi) is 1.92. The average Bonchev–Trinajstić information content (AvgIpc) is 2.64. The maximum absolute atomic E-state index is 11.5. The van der Waals surface area contributed by atoms with E-state index in [0.717, 1.165) is 26.1 Å². The van der Waals surface area contributed by atoms with Crippen molar-refractivity contribution in [1.82, 2.24) is 15.1 Å². The van der Waals surface area contributed by atoms with Crippen molar-refractivity contribution in [2.24, 2.45) is 0 Å². The molecule has 0 aromatic heterocycles. The molecule has 68 valence electrons. The SMILES string of the molecule is CN1CCN(C2CCCN2)C1=O. The Morgan fingerprint density at radius 1 is 1.50 bits per heavy atom. The van der Waals surface area contributed by atoms with Crippen molar-refractivity contribution >= 4 is 6.03 Å². The Balaban J connectivity index is 1.99. The van der Waals surface area contributed by atoms with E-state index in [1.807, 2.05) is 11.9 Å². The molecule has 4 heteroatoms. The minimum absolute atomic E-state index is 0.175. The summed E-state index contributed by atoms with van der Waals surface area (Å²) in [4.78, 5) is 15.2. The topological polar surface area (TPSA) is 35.6 Å². The summed E-state index contributed by atoms with van der Waals surface area (Å²) in [6, 6.07) is 0.175. The lowest BCUT2D eigenvalue weighted by Gasteiger charge is -2.23. The van der Waals surface area contributed by atoms with Crippen molar-refractivity contribution in [3.8, 4) is 0 Å². The Morgan fingerprint density at radius 3 is 2.83 bits per heavy atom. The van der Waals surface area contributed by atoms with E-state index in [1.54, 1.807) is 4.90 Å². The molecule has 2 aliphatic heterocycles. The number of carbonyl (C=O) groups is 1. The number of carbonyl (C=O) groups excluding carboxylic acids is 1. The number of likely N-dealkylation sites (N-methyl/N-ethyl adjacent to an activating group) is 1. The second-order valence-electron chi connectivity index (χ2n) is 3.51. The molecule has 2 amide bonds. The Labute approximate surface area is 72.5 Å². The molecular formula is C8H15N3O. The van der Waals surface area contributed by atoms with E-state index in [4.69, 9.17) is 0 Å². The van der Waals surface area contributed by atoms with E-state index in [2.05, 4.69) is 5.32 Å². The summed E-state index contributed by atoms with van der Waals surface area (Å²) in [5.74, 6) is 0. The molecule has 4 nitrogen and oxygen atoms in total. The van der Waals surface area contributed by atoms with Crippen LogP contribution in [-0.4, -0.2) is 48.7 Å². The highest BCUT2D eigenvalue weighted by molar-refractivity contribution is 5.76. The lowest BCUT2D eigenvalue weighted by Crippen LogP contribution is -2.43. The van der Waals surface area contributed by atoms with Gasteiger partial charge in [-0.3, -0.25) is 5.32 Å². The van der Waals surface area contributed by atoms with E-state index in [-0.39, 0.29) is 6.03 Å². The molecule has 2 heterocycles. The van der Waals surface area contributed by atoms with Gasteiger partial charge in [-0.25, -0.2) is 4.79 Å². The van der Waals surface area contributed by atoms with Gasteiger partial charge < -0.3 is 9.80 Å². The van der Waals surface area contributed by atoms with Gasteiger partial charge >= 0.3 is 6.03 Å². The fourth-order valence-electron chi connectivity index (χ4n) is 1.89. The molecule has 0 aliphatic carbocycles. The molecule has 1 unspecified atom stereocenters. The molecule has 0 bridgehead atoms. The van der Waals surface area contributed by atoms with Crippen LogP contribution in [0.4, 0.5) is 4.79 Å². The van der Waals surface area contributed by atoms with Crippen molar-refractivity contribution in [2.45, 2.75) is 19.0 Å². The van der Waals surface area contributed by atoms with Gasteiger partial charge in [-0.05, 0) is 19.4 Å². The smallest absolute Gasteiger partial charge is 0.321 e. The second-order valence-corrected chi connectivity index (χ2v) is 3.51. The van der Waals surface area contributed by atoms with E-state index >= 15 is 0 Å². The fraction of sp³-hybridized carbons (Fsp3) is 0.875. The fourth-order valence-corrected chi connectivity index (χ4v) is 1.89. The molecule has 0 saturated carbocycles.